The second-order valence-electron chi connectivity index (χ2n) is 3.48. The van der Waals surface area contributed by atoms with E-state index < -0.39 is 5.91 Å². The number of rotatable bonds is 3. The molecule has 6 heteroatoms. The smallest absolute Gasteiger partial charge is 0.270 e. The first-order valence-electron chi connectivity index (χ1n) is 4.69. The lowest BCUT2D eigenvalue weighted by molar-refractivity contribution is 0.0995. The molecule has 0 spiro atoms. The van der Waals surface area contributed by atoms with Crippen molar-refractivity contribution in [2.45, 2.75) is 25.4 Å². The summed E-state index contributed by atoms with van der Waals surface area (Å²) >= 11 is 0. The minimum absolute atomic E-state index is 0.225. The summed E-state index contributed by atoms with van der Waals surface area (Å²) in [6, 6.07) is 0.442. The maximum absolute atomic E-state index is 10.7. The van der Waals surface area contributed by atoms with Crippen molar-refractivity contribution < 1.29 is 4.79 Å². The van der Waals surface area contributed by atoms with Gasteiger partial charge in [-0.1, -0.05) is 5.21 Å². The van der Waals surface area contributed by atoms with E-state index in [1.54, 1.807) is 10.9 Å². The maximum atomic E-state index is 10.7. The van der Waals surface area contributed by atoms with Crippen molar-refractivity contribution in [2.24, 2.45) is 5.73 Å². The van der Waals surface area contributed by atoms with Crippen LogP contribution in [0.15, 0.2) is 6.20 Å². The van der Waals surface area contributed by atoms with Gasteiger partial charge < -0.3 is 11.1 Å². The van der Waals surface area contributed by atoms with Gasteiger partial charge in [-0.3, -0.25) is 9.48 Å². The van der Waals surface area contributed by atoms with Crippen LogP contribution in [0, 0.1) is 0 Å². The van der Waals surface area contributed by atoms with Gasteiger partial charge in [-0.05, 0) is 19.4 Å². The predicted molar refractivity (Wildman–Crippen MR) is 49.6 cm³/mol. The van der Waals surface area contributed by atoms with Crippen molar-refractivity contribution in [3.8, 4) is 0 Å². The fourth-order valence-corrected chi connectivity index (χ4v) is 1.64. The molecule has 14 heavy (non-hydrogen) atoms. The Balaban J connectivity index is 1.98. The summed E-state index contributed by atoms with van der Waals surface area (Å²) in [6.45, 7) is 1.81. The highest BCUT2D eigenvalue weighted by Crippen LogP contribution is 2.06. The second-order valence-corrected chi connectivity index (χ2v) is 3.48. The first-order valence-corrected chi connectivity index (χ1v) is 4.69. The Morgan fingerprint density at radius 2 is 2.64 bits per heavy atom. The van der Waals surface area contributed by atoms with E-state index >= 15 is 0 Å². The highest BCUT2D eigenvalue weighted by atomic mass is 16.1. The fraction of sp³-hybridized carbons (Fsp3) is 0.625. The molecule has 0 aliphatic carbocycles. The van der Waals surface area contributed by atoms with Crippen LogP contribution in [0.25, 0.3) is 0 Å². The van der Waals surface area contributed by atoms with Gasteiger partial charge in [0.1, 0.15) is 0 Å². The van der Waals surface area contributed by atoms with Gasteiger partial charge >= 0.3 is 0 Å². The molecule has 2 heterocycles. The first-order chi connectivity index (χ1) is 6.75. The molecule has 1 aliphatic heterocycles. The quantitative estimate of drug-likeness (QED) is 0.656. The van der Waals surface area contributed by atoms with Crippen LogP contribution in [0.5, 0.6) is 0 Å². The zero-order valence-corrected chi connectivity index (χ0v) is 7.81. The van der Waals surface area contributed by atoms with Gasteiger partial charge in [-0.2, -0.15) is 0 Å². The highest BCUT2D eigenvalue weighted by Gasteiger charge is 2.15. The van der Waals surface area contributed by atoms with Gasteiger partial charge in [-0.25, -0.2) is 0 Å². The number of primary amides is 1. The standard InChI is InChI=1S/C8H13N5O/c9-8(14)7-5-13(12-11-7)4-6-2-1-3-10-6/h5-6,10H,1-4H2,(H2,9,14)/t6-/m0/s1. The van der Waals surface area contributed by atoms with Crippen molar-refractivity contribution in [1.29, 1.82) is 0 Å². The third kappa shape index (κ3) is 1.90. The molecule has 76 valence electrons. The molecule has 0 unspecified atom stereocenters. The number of hydrogen-bond donors (Lipinski definition) is 2. The number of nitrogens with one attached hydrogen (secondary N) is 1. The van der Waals surface area contributed by atoms with E-state index in [0.717, 1.165) is 19.5 Å². The lowest BCUT2D eigenvalue weighted by Gasteiger charge is -2.08. The Hall–Kier alpha value is -1.43. The SMILES string of the molecule is NC(=O)c1cn(C[C@@H]2CCCN2)nn1. The average molecular weight is 195 g/mol. The molecular formula is C8H13N5O. The molecule has 6 nitrogen and oxygen atoms in total. The summed E-state index contributed by atoms with van der Waals surface area (Å²) in [5.41, 5.74) is 5.29. The summed E-state index contributed by atoms with van der Waals surface area (Å²) in [6.07, 6.45) is 3.93. The van der Waals surface area contributed by atoms with Crippen molar-refractivity contribution in [3.05, 3.63) is 11.9 Å². The Bertz CT molecular complexity index is 328. The van der Waals surface area contributed by atoms with Crippen LogP contribution in [0.2, 0.25) is 0 Å². The zero-order chi connectivity index (χ0) is 9.97. The number of nitrogens with zero attached hydrogens (tertiary/aromatic N) is 3. The summed E-state index contributed by atoms with van der Waals surface area (Å²) in [4.78, 5) is 10.7. The third-order valence-electron chi connectivity index (χ3n) is 2.36. The lowest BCUT2D eigenvalue weighted by atomic mass is 10.2. The predicted octanol–water partition coefficient (Wildman–Crippen LogP) is -0.871. The van der Waals surface area contributed by atoms with E-state index in [1.165, 1.54) is 6.42 Å². The van der Waals surface area contributed by atoms with Crippen molar-refractivity contribution in [2.75, 3.05) is 6.54 Å². The van der Waals surface area contributed by atoms with Crippen LogP contribution in [-0.2, 0) is 6.54 Å². The molecule has 1 aliphatic rings. The monoisotopic (exact) mass is 195 g/mol. The van der Waals surface area contributed by atoms with E-state index in [4.69, 9.17) is 5.73 Å². The fourth-order valence-electron chi connectivity index (χ4n) is 1.64. The number of aromatic nitrogens is 3. The van der Waals surface area contributed by atoms with Crippen LogP contribution in [0.3, 0.4) is 0 Å². The van der Waals surface area contributed by atoms with Crippen LogP contribution < -0.4 is 11.1 Å². The van der Waals surface area contributed by atoms with E-state index in [2.05, 4.69) is 15.6 Å². The van der Waals surface area contributed by atoms with E-state index in [0.29, 0.717) is 6.04 Å². The number of amides is 1. The molecular weight excluding hydrogens is 182 g/mol. The van der Waals surface area contributed by atoms with Gasteiger partial charge in [0, 0.05) is 6.04 Å². The van der Waals surface area contributed by atoms with Crippen LogP contribution in [0.4, 0.5) is 0 Å². The highest BCUT2D eigenvalue weighted by molar-refractivity contribution is 5.90. The third-order valence-corrected chi connectivity index (χ3v) is 2.36. The summed E-state index contributed by atoms with van der Waals surface area (Å²) in [5.74, 6) is -0.532. The topological polar surface area (TPSA) is 85.8 Å². The molecule has 1 aromatic heterocycles. The molecule has 0 saturated carbocycles. The Morgan fingerprint density at radius 3 is 3.21 bits per heavy atom. The molecule has 0 aromatic carbocycles. The van der Waals surface area contributed by atoms with E-state index in [1.807, 2.05) is 0 Å². The molecule has 3 N–H and O–H groups in total. The summed E-state index contributed by atoms with van der Waals surface area (Å²) in [7, 11) is 0. The van der Waals surface area contributed by atoms with Crippen molar-refractivity contribution in [3.63, 3.8) is 0 Å². The van der Waals surface area contributed by atoms with Crippen LogP contribution in [-0.4, -0.2) is 33.5 Å². The van der Waals surface area contributed by atoms with Gasteiger partial charge in [-0.15, -0.1) is 5.10 Å². The summed E-state index contributed by atoms with van der Waals surface area (Å²) < 4.78 is 1.66. The number of hydrogen-bond acceptors (Lipinski definition) is 4. The average Bonchev–Trinajstić information content (AvgIpc) is 2.75. The molecule has 0 radical (unpaired) electrons. The minimum atomic E-state index is -0.532. The van der Waals surface area contributed by atoms with Crippen LogP contribution in [0.1, 0.15) is 23.3 Å². The maximum Gasteiger partial charge on any atom is 0.270 e. The molecule has 1 fully saturated rings. The van der Waals surface area contributed by atoms with Gasteiger partial charge in [0.25, 0.3) is 5.91 Å². The zero-order valence-electron chi connectivity index (χ0n) is 7.81. The van der Waals surface area contributed by atoms with Crippen LogP contribution >= 0.6 is 0 Å². The Morgan fingerprint density at radius 1 is 1.79 bits per heavy atom. The molecule has 0 bridgehead atoms. The minimum Gasteiger partial charge on any atom is -0.364 e. The molecule has 1 aromatic rings. The van der Waals surface area contributed by atoms with E-state index in [-0.39, 0.29) is 5.69 Å². The van der Waals surface area contributed by atoms with E-state index in [9.17, 15) is 4.79 Å². The van der Waals surface area contributed by atoms with Gasteiger partial charge in [0.2, 0.25) is 0 Å². The normalized spacial score (nSPS) is 21.3. The number of carbonyl (C=O) groups excluding carboxylic acids is 1. The number of nitrogens with two attached hydrogens (primary N) is 1. The summed E-state index contributed by atoms with van der Waals surface area (Å²) in [5, 5.41) is 10.8. The second kappa shape index (κ2) is 3.75. The van der Waals surface area contributed by atoms with Crippen molar-refractivity contribution >= 4 is 5.91 Å². The van der Waals surface area contributed by atoms with Gasteiger partial charge in [0.15, 0.2) is 5.69 Å². The molecule has 1 atom stereocenters. The van der Waals surface area contributed by atoms with Crippen molar-refractivity contribution in [1.82, 2.24) is 20.3 Å². The Kier molecular flexibility index (Phi) is 2.45. The lowest BCUT2D eigenvalue weighted by Crippen LogP contribution is -2.26. The molecule has 1 amide bonds. The molecule has 2 rings (SSSR count). The molecule has 1 saturated heterocycles. The first kappa shape index (κ1) is 9.14. The van der Waals surface area contributed by atoms with Gasteiger partial charge in [0.05, 0.1) is 12.7 Å². The largest absolute Gasteiger partial charge is 0.364 e. The Labute approximate surface area is 81.5 Å². The number of carbonyl (C=O) groups is 1.